The van der Waals surface area contributed by atoms with Crippen LogP contribution in [0.5, 0.6) is 0 Å². The minimum Gasteiger partial charge on any atom is -0.478 e. The van der Waals surface area contributed by atoms with E-state index in [4.69, 9.17) is 9.84 Å². The predicted molar refractivity (Wildman–Crippen MR) is 118 cm³/mol. The summed E-state index contributed by atoms with van der Waals surface area (Å²) >= 11 is 0. The quantitative estimate of drug-likeness (QED) is 0.442. The number of benzene rings is 3. The van der Waals surface area contributed by atoms with E-state index in [2.05, 4.69) is 6.07 Å². The number of carboxylic acid groups (broad SMARTS) is 1. The topological polar surface area (TPSA) is 75.2 Å². The van der Waals surface area contributed by atoms with Crippen molar-refractivity contribution in [1.82, 2.24) is 4.57 Å². The summed E-state index contributed by atoms with van der Waals surface area (Å²) in [4.78, 5) is 11.1. The number of aromatic carboxylic acids is 1. The number of rotatable bonds is 7. The Morgan fingerprint density at radius 2 is 1.61 bits per heavy atom. The van der Waals surface area contributed by atoms with Crippen molar-refractivity contribution < 1.29 is 14.6 Å². The van der Waals surface area contributed by atoms with Gasteiger partial charge in [-0.25, -0.2) is 4.79 Å². The second-order valence-corrected chi connectivity index (χ2v) is 7.14. The molecule has 0 fully saturated rings. The molecule has 31 heavy (non-hydrogen) atoms. The average molecular weight is 408 g/mol. The molecule has 3 aromatic carbocycles. The van der Waals surface area contributed by atoms with Gasteiger partial charge < -0.3 is 14.4 Å². The highest BCUT2D eigenvalue weighted by molar-refractivity contribution is 5.87. The first kappa shape index (κ1) is 20.1. The summed E-state index contributed by atoms with van der Waals surface area (Å²) < 4.78 is 7.67. The first-order valence-corrected chi connectivity index (χ1v) is 9.81. The normalized spacial score (nSPS) is 10.5. The zero-order valence-corrected chi connectivity index (χ0v) is 16.7. The van der Waals surface area contributed by atoms with Crippen LogP contribution in [0, 0.1) is 11.3 Å². The maximum atomic E-state index is 11.1. The Kier molecular flexibility index (Phi) is 5.93. The summed E-state index contributed by atoms with van der Waals surface area (Å²) in [5.74, 6) is -0.969. The largest absolute Gasteiger partial charge is 0.478 e. The molecule has 4 rings (SSSR count). The van der Waals surface area contributed by atoms with Gasteiger partial charge in [-0.3, -0.25) is 0 Å². The third kappa shape index (κ3) is 4.72. The number of carboxylic acids is 1. The number of hydrogen-bond acceptors (Lipinski definition) is 3. The van der Waals surface area contributed by atoms with Crippen molar-refractivity contribution in [1.29, 1.82) is 5.26 Å². The molecule has 0 saturated carbocycles. The predicted octanol–water partition coefficient (Wildman–Crippen LogP) is 5.43. The van der Waals surface area contributed by atoms with E-state index >= 15 is 0 Å². The van der Waals surface area contributed by atoms with Crippen molar-refractivity contribution in [2.75, 3.05) is 0 Å². The number of nitriles is 1. The summed E-state index contributed by atoms with van der Waals surface area (Å²) in [5, 5.41) is 18.7. The van der Waals surface area contributed by atoms with Crippen LogP contribution in [0.15, 0.2) is 91.3 Å². The first-order chi connectivity index (χ1) is 15.1. The number of ether oxygens (including phenoxy) is 1. The van der Waals surface area contributed by atoms with E-state index in [0.29, 0.717) is 18.8 Å². The van der Waals surface area contributed by atoms with Crippen molar-refractivity contribution in [3.63, 3.8) is 0 Å². The zero-order valence-electron chi connectivity index (χ0n) is 16.7. The molecule has 1 heterocycles. The lowest BCUT2D eigenvalue weighted by atomic mass is 10.0. The Balaban J connectivity index is 1.54. The van der Waals surface area contributed by atoms with Crippen molar-refractivity contribution in [2.45, 2.75) is 13.2 Å². The molecule has 1 N–H and O–H groups in total. The molecule has 1 aromatic heterocycles. The van der Waals surface area contributed by atoms with Crippen LogP contribution in [-0.4, -0.2) is 15.6 Å². The lowest BCUT2D eigenvalue weighted by Crippen LogP contribution is -1.97. The molecule has 0 radical (unpaired) electrons. The fraction of sp³-hybridized carbons (Fsp3) is 0.0769. The van der Waals surface area contributed by atoms with Gasteiger partial charge in [0.15, 0.2) is 0 Å². The molecular formula is C26H20N2O3. The molecular weight excluding hydrogens is 388 g/mol. The van der Waals surface area contributed by atoms with Gasteiger partial charge in [-0.15, -0.1) is 0 Å². The summed E-state index contributed by atoms with van der Waals surface area (Å²) in [6.45, 7) is 1.01. The van der Waals surface area contributed by atoms with E-state index in [-0.39, 0.29) is 5.56 Å². The van der Waals surface area contributed by atoms with Crippen molar-refractivity contribution in [2.24, 2.45) is 0 Å². The van der Waals surface area contributed by atoms with E-state index in [0.717, 1.165) is 27.9 Å². The van der Waals surface area contributed by atoms with E-state index in [1.165, 1.54) is 0 Å². The molecule has 0 saturated heterocycles. The van der Waals surface area contributed by atoms with Gasteiger partial charge in [0, 0.05) is 23.6 Å². The standard InChI is InChI=1S/C26H20N2O3/c27-14-23-15-28(24-11-9-21(10-12-24)26(29)30)16-25(23)22-8-4-7-20(13-22)18-31-17-19-5-2-1-3-6-19/h1-13,15-16H,17-18H2,(H,29,30). The van der Waals surface area contributed by atoms with E-state index in [1.54, 1.807) is 30.5 Å². The smallest absolute Gasteiger partial charge is 0.335 e. The minimum atomic E-state index is -0.969. The summed E-state index contributed by atoms with van der Waals surface area (Å²) in [7, 11) is 0. The average Bonchev–Trinajstić information content (AvgIpc) is 3.25. The highest BCUT2D eigenvalue weighted by Gasteiger charge is 2.11. The van der Waals surface area contributed by atoms with Crippen molar-refractivity contribution in [3.05, 3.63) is 114 Å². The SMILES string of the molecule is N#Cc1cn(-c2ccc(C(=O)O)cc2)cc1-c1cccc(COCc2ccccc2)c1. The third-order valence-electron chi connectivity index (χ3n) is 4.98. The Hall–Kier alpha value is -4.14. The molecule has 0 amide bonds. The van der Waals surface area contributed by atoms with Gasteiger partial charge in [0.05, 0.1) is 24.3 Å². The van der Waals surface area contributed by atoms with Gasteiger partial charge in [0.25, 0.3) is 0 Å². The van der Waals surface area contributed by atoms with E-state index in [9.17, 15) is 10.1 Å². The molecule has 0 bridgehead atoms. The van der Waals surface area contributed by atoms with Gasteiger partial charge in [0.1, 0.15) is 6.07 Å². The van der Waals surface area contributed by atoms with Gasteiger partial charge in [-0.05, 0) is 47.0 Å². The monoisotopic (exact) mass is 408 g/mol. The zero-order chi connectivity index (χ0) is 21.6. The Morgan fingerprint density at radius 1 is 0.903 bits per heavy atom. The maximum absolute atomic E-state index is 11.1. The van der Waals surface area contributed by atoms with Crippen molar-refractivity contribution in [3.8, 4) is 22.9 Å². The van der Waals surface area contributed by atoms with Crippen molar-refractivity contribution >= 4 is 5.97 Å². The summed E-state index contributed by atoms with van der Waals surface area (Å²) in [6.07, 6.45) is 3.64. The Bertz CT molecular complexity index is 1240. The molecule has 152 valence electrons. The van der Waals surface area contributed by atoms with Crippen LogP contribution in [0.25, 0.3) is 16.8 Å². The lowest BCUT2D eigenvalue weighted by molar-refractivity contribution is 0.0697. The molecule has 0 aliphatic heterocycles. The van der Waals surface area contributed by atoms with Gasteiger partial charge in [0.2, 0.25) is 0 Å². The summed E-state index contributed by atoms with van der Waals surface area (Å²) in [6, 6.07) is 26.8. The van der Waals surface area contributed by atoms with E-state index in [1.807, 2.05) is 65.4 Å². The highest BCUT2D eigenvalue weighted by atomic mass is 16.5. The third-order valence-corrected chi connectivity index (χ3v) is 4.98. The van der Waals surface area contributed by atoms with Crippen LogP contribution < -0.4 is 0 Å². The van der Waals surface area contributed by atoms with Gasteiger partial charge in [-0.2, -0.15) is 5.26 Å². The summed E-state index contributed by atoms with van der Waals surface area (Å²) in [5.41, 5.74) is 5.44. The van der Waals surface area contributed by atoms with Gasteiger partial charge in [-0.1, -0.05) is 48.5 Å². The first-order valence-electron chi connectivity index (χ1n) is 9.81. The van der Waals surface area contributed by atoms with E-state index < -0.39 is 5.97 Å². The highest BCUT2D eigenvalue weighted by Crippen LogP contribution is 2.27. The molecule has 4 aromatic rings. The second kappa shape index (κ2) is 9.12. The van der Waals surface area contributed by atoms with Crippen LogP contribution in [-0.2, 0) is 18.0 Å². The van der Waals surface area contributed by atoms with Crippen LogP contribution in [0.3, 0.4) is 0 Å². The molecule has 5 heteroatoms. The lowest BCUT2D eigenvalue weighted by Gasteiger charge is -2.07. The number of aromatic nitrogens is 1. The number of hydrogen-bond donors (Lipinski definition) is 1. The molecule has 5 nitrogen and oxygen atoms in total. The molecule has 0 aliphatic carbocycles. The van der Waals surface area contributed by atoms with Gasteiger partial charge >= 0.3 is 5.97 Å². The van der Waals surface area contributed by atoms with Crippen LogP contribution >= 0.6 is 0 Å². The Morgan fingerprint density at radius 3 is 2.32 bits per heavy atom. The fourth-order valence-corrected chi connectivity index (χ4v) is 3.39. The maximum Gasteiger partial charge on any atom is 0.335 e. The molecule has 0 atom stereocenters. The molecule has 0 unspecified atom stereocenters. The van der Waals surface area contributed by atoms with Crippen LogP contribution in [0.1, 0.15) is 27.0 Å². The second-order valence-electron chi connectivity index (χ2n) is 7.14. The minimum absolute atomic E-state index is 0.222. The molecule has 0 aliphatic rings. The van der Waals surface area contributed by atoms with Crippen LogP contribution in [0.2, 0.25) is 0 Å². The fourth-order valence-electron chi connectivity index (χ4n) is 3.39. The number of nitrogens with zero attached hydrogens (tertiary/aromatic N) is 2. The van der Waals surface area contributed by atoms with Crippen LogP contribution in [0.4, 0.5) is 0 Å². The Labute approximate surface area is 180 Å². The number of carbonyl (C=O) groups is 1. The molecule has 0 spiro atoms.